The van der Waals surface area contributed by atoms with Crippen molar-refractivity contribution in [1.29, 1.82) is 0 Å². The molecule has 0 radical (unpaired) electrons. The van der Waals surface area contributed by atoms with Gasteiger partial charge in [-0.25, -0.2) is 0 Å². The summed E-state index contributed by atoms with van der Waals surface area (Å²) in [6.07, 6.45) is 1.53. The van der Waals surface area contributed by atoms with E-state index in [1.165, 1.54) is 0 Å². The number of aliphatic hydroxyl groups is 2. The largest absolute Gasteiger partial charge is 0.386 e. The Kier molecular flexibility index (Phi) is 4.84. The number of carbonyl (C=O) groups is 1. The smallest absolute Gasteiger partial charge is 0.144 e. The molecule has 5 aliphatic carbocycles. The fourth-order valence-corrected chi connectivity index (χ4v) is 10.7. The van der Waals surface area contributed by atoms with Gasteiger partial charge in [-0.3, -0.25) is 9.69 Å². The minimum Gasteiger partial charge on any atom is -0.386 e. The molecule has 33 heavy (non-hydrogen) atoms. The van der Waals surface area contributed by atoms with Crippen LogP contribution in [0, 0.1) is 34.5 Å². The molecule has 0 unspecified atom stereocenters. The van der Waals surface area contributed by atoms with Crippen molar-refractivity contribution >= 4 is 5.78 Å². The Morgan fingerprint density at radius 3 is 2.48 bits per heavy atom. The van der Waals surface area contributed by atoms with Gasteiger partial charge in [0.05, 0.1) is 36.9 Å². The minimum atomic E-state index is -1.61. The lowest BCUT2D eigenvalue weighted by atomic mass is 9.42. The molecule has 1 heterocycles. The summed E-state index contributed by atoms with van der Waals surface area (Å²) in [5, 5.41) is 25.4. The molecule has 0 aromatic carbocycles. The van der Waals surface area contributed by atoms with Gasteiger partial charge in [-0.05, 0) is 31.7 Å². The zero-order valence-electron chi connectivity index (χ0n) is 20.5. The number of rotatable bonds is 6. The predicted octanol–water partition coefficient (Wildman–Crippen LogP) is 0.479. The van der Waals surface area contributed by atoms with Gasteiger partial charge < -0.3 is 29.2 Å². The van der Waals surface area contributed by atoms with Crippen LogP contribution >= 0.6 is 0 Å². The number of likely N-dealkylation sites (N-methyl/N-ethyl adjacent to an activating group) is 1. The maximum Gasteiger partial charge on any atom is 0.144 e. The third kappa shape index (κ3) is 2.15. The number of methoxy groups -OCH3 is 4. The van der Waals surface area contributed by atoms with Crippen molar-refractivity contribution in [2.75, 3.05) is 48.1 Å². The van der Waals surface area contributed by atoms with Crippen molar-refractivity contribution in [3.63, 3.8) is 0 Å². The quantitative estimate of drug-likeness (QED) is 0.585. The molecule has 12 atom stereocenters. The average molecular weight is 466 g/mol. The molecule has 0 amide bonds. The van der Waals surface area contributed by atoms with Crippen LogP contribution in [-0.4, -0.2) is 105 Å². The van der Waals surface area contributed by atoms with E-state index in [-0.39, 0.29) is 47.5 Å². The highest BCUT2D eigenvalue weighted by Gasteiger charge is 2.91. The molecular weight excluding hydrogens is 426 g/mol. The van der Waals surface area contributed by atoms with E-state index in [1.807, 2.05) is 0 Å². The second-order valence-corrected chi connectivity index (χ2v) is 11.7. The van der Waals surface area contributed by atoms with Crippen molar-refractivity contribution in [2.24, 2.45) is 34.5 Å². The van der Waals surface area contributed by atoms with E-state index in [0.717, 1.165) is 25.9 Å². The molecule has 0 aromatic heterocycles. The number of hydrogen-bond donors (Lipinski definition) is 2. The van der Waals surface area contributed by atoms with E-state index in [9.17, 15) is 15.0 Å². The van der Waals surface area contributed by atoms with Crippen molar-refractivity contribution in [3.05, 3.63) is 0 Å². The highest BCUT2D eigenvalue weighted by atomic mass is 16.5. The first kappa shape index (κ1) is 22.8. The average Bonchev–Trinajstić information content (AvgIpc) is 3.16. The highest BCUT2D eigenvalue weighted by molar-refractivity contribution is 5.90. The Labute approximate surface area is 195 Å². The normalized spacial score (nSPS) is 58.7. The molecule has 1 aliphatic heterocycles. The molecule has 0 aromatic rings. The Morgan fingerprint density at radius 1 is 1.12 bits per heavy atom. The standard InChI is InChI=1S/C25H39NO7/c1-6-26-11-22(12-30-2)8-7-16(32-4)24-14-9-13-15(31-3)10-23(28,17(14)18(13)27)25(29,21(24)26)20(33-5)19(22)24/h13-17,19-21,28-29H,6-12H2,1-5H3/t13-,14-,15+,16+,17-,19-,20+,21+,22+,23-,24+,25-/m1/s1. The molecule has 1 saturated heterocycles. The number of likely N-dealkylation sites (tertiary alicyclic amines) is 1. The van der Waals surface area contributed by atoms with Crippen LogP contribution in [0.3, 0.4) is 0 Å². The van der Waals surface area contributed by atoms with Crippen molar-refractivity contribution in [1.82, 2.24) is 4.90 Å². The van der Waals surface area contributed by atoms with Crippen LogP contribution in [0.15, 0.2) is 0 Å². The van der Waals surface area contributed by atoms with Gasteiger partial charge in [0, 0.05) is 64.1 Å². The van der Waals surface area contributed by atoms with Crippen LogP contribution in [0.5, 0.6) is 0 Å². The molecule has 8 nitrogen and oxygen atoms in total. The van der Waals surface area contributed by atoms with Gasteiger partial charge in [0.15, 0.2) is 0 Å². The fourth-order valence-electron chi connectivity index (χ4n) is 10.7. The van der Waals surface area contributed by atoms with Crippen molar-refractivity contribution in [3.8, 4) is 0 Å². The second kappa shape index (κ2) is 6.99. The Hall–Kier alpha value is -0.610. The van der Waals surface area contributed by atoms with Gasteiger partial charge in [0.25, 0.3) is 0 Å². The van der Waals surface area contributed by atoms with Gasteiger partial charge in [0.2, 0.25) is 0 Å². The van der Waals surface area contributed by atoms with Gasteiger partial charge in [-0.1, -0.05) is 6.92 Å². The number of ether oxygens (including phenoxy) is 4. The molecule has 8 heteroatoms. The number of hydrogen-bond acceptors (Lipinski definition) is 8. The van der Waals surface area contributed by atoms with Gasteiger partial charge in [0.1, 0.15) is 17.0 Å². The van der Waals surface area contributed by atoms with Crippen molar-refractivity contribution in [2.45, 2.75) is 68.2 Å². The van der Waals surface area contributed by atoms with Crippen LogP contribution in [0.2, 0.25) is 0 Å². The summed E-state index contributed by atoms with van der Waals surface area (Å²) >= 11 is 0. The van der Waals surface area contributed by atoms with E-state index >= 15 is 0 Å². The SMILES string of the molecule is CCN1C[C@]2(COC)CC[C@H](OC)[C@@]34[C@@H]5C[C@H]6C(=O)[C@@H]5[C@](O)(C[C@@H]6OC)[C@@](O)([C@@H](OC)[C@H]23)[C@@H]14. The summed E-state index contributed by atoms with van der Waals surface area (Å²) in [7, 11) is 6.75. The fraction of sp³-hybridized carbons (Fsp3) is 0.960. The maximum atomic E-state index is 13.8. The maximum absolute atomic E-state index is 13.8. The number of piperidine rings is 1. The summed E-state index contributed by atoms with van der Waals surface area (Å²) in [6.45, 7) is 4.19. The van der Waals surface area contributed by atoms with E-state index in [4.69, 9.17) is 18.9 Å². The van der Waals surface area contributed by atoms with E-state index in [2.05, 4.69) is 11.8 Å². The lowest BCUT2D eigenvalue weighted by Crippen LogP contribution is -2.81. The van der Waals surface area contributed by atoms with Crippen LogP contribution < -0.4 is 0 Å². The number of nitrogens with zero attached hydrogens (tertiary/aromatic N) is 1. The number of Topliss-reactive ketones (excluding diaryl/α,β-unsaturated/α-hetero) is 1. The molecule has 6 rings (SSSR count). The summed E-state index contributed by atoms with van der Waals surface area (Å²) in [4.78, 5) is 16.1. The number of ketones is 1. The molecule has 1 spiro atoms. The first-order valence-electron chi connectivity index (χ1n) is 12.6. The number of carbonyl (C=O) groups excluding carboxylic acids is 1. The predicted molar refractivity (Wildman–Crippen MR) is 118 cm³/mol. The van der Waals surface area contributed by atoms with Gasteiger partial charge in [-0.2, -0.15) is 0 Å². The summed E-state index contributed by atoms with van der Waals surface area (Å²) in [6, 6.07) is -0.353. The van der Waals surface area contributed by atoms with E-state index < -0.39 is 34.7 Å². The zero-order valence-corrected chi connectivity index (χ0v) is 20.5. The van der Waals surface area contributed by atoms with E-state index in [1.54, 1.807) is 28.4 Å². The summed E-state index contributed by atoms with van der Waals surface area (Å²) in [5.74, 6) is -0.972. The summed E-state index contributed by atoms with van der Waals surface area (Å²) in [5.41, 5.74) is -3.95. The van der Waals surface area contributed by atoms with E-state index in [0.29, 0.717) is 13.0 Å². The first-order valence-corrected chi connectivity index (χ1v) is 12.6. The van der Waals surface area contributed by atoms with Crippen LogP contribution in [-0.2, 0) is 23.7 Å². The molecular formula is C25H39NO7. The number of fused-ring (bicyclic) bond motifs is 2. The lowest BCUT2D eigenvalue weighted by molar-refractivity contribution is -0.301. The topological polar surface area (TPSA) is 97.7 Å². The van der Waals surface area contributed by atoms with Crippen molar-refractivity contribution < 1.29 is 34.0 Å². The van der Waals surface area contributed by atoms with Crippen LogP contribution in [0.1, 0.15) is 32.6 Å². The Morgan fingerprint density at radius 2 is 1.88 bits per heavy atom. The highest BCUT2D eigenvalue weighted by Crippen LogP contribution is 2.79. The third-order valence-corrected chi connectivity index (χ3v) is 11.2. The minimum absolute atomic E-state index is 0.0498. The molecule has 6 fully saturated rings. The Bertz CT molecular complexity index is 855. The summed E-state index contributed by atoms with van der Waals surface area (Å²) < 4.78 is 24.1. The molecule has 7 bridgehead atoms. The van der Waals surface area contributed by atoms with Gasteiger partial charge >= 0.3 is 0 Å². The van der Waals surface area contributed by atoms with Crippen LogP contribution in [0.4, 0.5) is 0 Å². The second-order valence-electron chi connectivity index (χ2n) is 11.7. The first-order chi connectivity index (χ1) is 15.8. The van der Waals surface area contributed by atoms with Crippen LogP contribution in [0.25, 0.3) is 0 Å². The third-order valence-electron chi connectivity index (χ3n) is 11.2. The molecule has 2 N–H and O–H groups in total. The zero-order chi connectivity index (χ0) is 23.6. The monoisotopic (exact) mass is 465 g/mol. The lowest BCUT2D eigenvalue weighted by Gasteiger charge is -2.69. The molecule has 186 valence electrons. The molecule has 6 aliphatic rings. The van der Waals surface area contributed by atoms with Gasteiger partial charge in [-0.15, -0.1) is 0 Å². The molecule has 5 saturated carbocycles. The Balaban J connectivity index is 1.68.